The first kappa shape index (κ1) is 20.9. The number of pyridine rings is 1. The molecule has 1 amide bonds. The van der Waals surface area contributed by atoms with Crippen molar-refractivity contribution in [2.45, 2.75) is 13.1 Å². The molecule has 134 valence electrons. The van der Waals surface area contributed by atoms with Crippen molar-refractivity contribution in [3.05, 3.63) is 66.0 Å². The third-order valence-electron chi connectivity index (χ3n) is 3.33. The molecule has 1 aromatic heterocycles. The van der Waals surface area contributed by atoms with Crippen LogP contribution in [-0.2, 0) is 17.9 Å². The summed E-state index contributed by atoms with van der Waals surface area (Å²) in [5.74, 6) is 0.571. The molecule has 0 fully saturated rings. The van der Waals surface area contributed by atoms with Crippen LogP contribution in [-0.4, -0.2) is 42.4 Å². The summed E-state index contributed by atoms with van der Waals surface area (Å²) in [5, 5.41) is 6.27. The minimum Gasteiger partial charge on any atom is -0.351 e. The van der Waals surface area contributed by atoms with Gasteiger partial charge < -0.3 is 15.5 Å². The van der Waals surface area contributed by atoms with Crippen LogP contribution in [0.1, 0.15) is 11.3 Å². The lowest BCUT2D eigenvalue weighted by Gasteiger charge is -2.15. The number of nitrogens with zero attached hydrogens (tertiary/aromatic N) is 3. The van der Waals surface area contributed by atoms with Gasteiger partial charge in [-0.25, -0.2) is 4.99 Å². The molecule has 0 saturated carbocycles. The Morgan fingerprint density at radius 2 is 1.80 bits per heavy atom. The van der Waals surface area contributed by atoms with E-state index in [1.807, 2.05) is 48.5 Å². The molecule has 0 saturated heterocycles. The molecule has 0 aliphatic carbocycles. The van der Waals surface area contributed by atoms with E-state index in [2.05, 4.69) is 20.6 Å². The van der Waals surface area contributed by atoms with Crippen LogP contribution in [0.25, 0.3) is 0 Å². The molecule has 0 spiro atoms. The Bertz CT molecular complexity index is 662. The van der Waals surface area contributed by atoms with Crippen molar-refractivity contribution in [1.82, 2.24) is 20.5 Å². The molecular formula is C18H24IN5O. The molecule has 0 bridgehead atoms. The van der Waals surface area contributed by atoms with Gasteiger partial charge in [0, 0.05) is 20.3 Å². The van der Waals surface area contributed by atoms with Crippen LogP contribution >= 0.6 is 24.0 Å². The second-order valence-corrected chi connectivity index (χ2v) is 5.47. The number of nitrogens with one attached hydrogen (secondary N) is 2. The van der Waals surface area contributed by atoms with Crippen molar-refractivity contribution < 1.29 is 4.79 Å². The number of carbonyl (C=O) groups is 1. The van der Waals surface area contributed by atoms with E-state index in [4.69, 9.17) is 0 Å². The van der Waals surface area contributed by atoms with E-state index in [9.17, 15) is 4.79 Å². The molecule has 0 aliphatic heterocycles. The van der Waals surface area contributed by atoms with E-state index >= 15 is 0 Å². The van der Waals surface area contributed by atoms with Crippen LogP contribution in [0.5, 0.6) is 0 Å². The molecule has 0 aliphatic rings. The van der Waals surface area contributed by atoms with Crippen LogP contribution in [0.4, 0.5) is 0 Å². The molecule has 6 nitrogen and oxygen atoms in total. The number of halogens is 1. The summed E-state index contributed by atoms with van der Waals surface area (Å²) in [4.78, 5) is 22.1. The van der Waals surface area contributed by atoms with Gasteiger partial charge in [0.2, 0.25) is 5.91 Å². The normalized spacial score (nSPS) is 10.6. The Kier molecular flexibility index (Phi) is 9.53. The van der Waals surface area contributed by atoms with Gasteiger partial charge in [0.05, 0.1) is 25.3 Å². The van der Waals surface area contributed by atoms with E-state index in [-0.39, 0.29) is 36.4 Å². The molecule has 7 heteroatoms. The van der Waals surface area contributed by atoms with Crippen LogP contribution in [0, 0.1) is 0 Å². The van der Waals surface area contributed by atoms with Crippen molar-refractivity contribution in [3.8, 4) is 0 Å². The molecule has 0 atom stereocenters. The number of rotatable bonds is 6. The highest BCUT2D eigenvalue weighted by molar-refractivity contribution is 14.0. The summed E-state index contributed by atoms with van der Waals surface area (Å²) in [7, 11) is 3.46. The third kappa shape index (κ3) is 7.97. The Morgan fingerprint density at radius 3 is 2.44 bits per heavy atom. The largest absolute Gasteiger partial charge is 0.351 e. The summed E-state index contributed by atoms with van der Waals surface area (Å²) in [6, 6.07) is 15.7. The summed E-state index contributed by atoms with van der Waals surface area (Å²) in [5.41, 5.74) is 2.01. The monoisotopic (exact) mass is 453 g/mol. The number of aromatic nitrogens is 1. The number of amides is 1. The van der Waals surface area contributed by atoms with Gasteiger partial charge in [0.1, 0.15) is 0 Å². The predicted octanol–water partition coefficient (Wildman–Crippen LogP) is 2.02. The molecule has 2 N–H and O–H groups in total. The van der Waals surface area contributed by atoms with Gasteiger partial charge in [-0.05, 0) is 17.7 Å². The standard InChI is InChI=1S/C18H23N5O.HI/c1-23(2)17(24)14-22-18(20-12-15-8-4-3-5-9-15)21-13-16-10-6-7-11-19-16;/h3-11H,12-14H2,1-2H3,(H2,20,21,22);1H. The Morgan fingerprint density at radius 1 is 1.08 bits per heavy atom. The maximum atomic E-state index is 11.8. The van der Waals surface area contributed by atoms with Crippen molar-refractivity contribution >= 4 is 35.8 Å². The summed E-state index contributed by atoms with van der Waals surface area (Å²) in [6.07, 6.45) is 1.75. The molecule has 25 heavy (non-hydrogen) atoms. The highest BCUT2D eigenvalue weighted by Gasteiger charge is 2.06. The quantitative estimate of drug-likeness (QED) is 0.399. The lowest BCUT2D eigenvalue weighted by atomic mass is 10.2. The van der Waals surface area contributed by atoms with Gasteiger partial charge in [-0.2, -0.15) is 0 Å². The molecule has 2 rings (SSSR count). The number of hydrogen-bond acceptors (Lipinski definition) is 3. The fourth-order valence-electron chi connectivity index (χ4n) is 1.92. The number of likely N-dealkylation sites (N-methyl/N-ethyl adjacent to an activating group) is 1. The maximum Gasteiger partial charge on any atom is 0.241 e. The lowest BCUT2D eigenvalue weighted by Crippen LogP contribution is -2.42. The summed E-state index contributed by atoms with van der Waals surface area (Å²) < 4.78 is 0. The molecule has 2 aromatic rings. The molecular weight excluding hydrogens is 429 g/mol. The highest BCUT2D eigenvalue weighted by atomic mass is 127. The Hall–Kier alpha value is -2.16. The van der Waals surface area contributed by atoms with Crippen LogP contribution in [0.2, 0.25) is 0 Å². The van der Waals surface area contributed by atoms with Gasteiger partial charge in [-0.3, -0.25) is 9.78 Å². The zero-order chi connectivity index (χ0) is 17.2. The molecule has 0 radical (unpaired) electrons. The first-order chi connectivity index (χ1) is 11.6. The Labute approximate surface area is 165 Å². The number of aliphatic imine (C=N–C) groups is 1. The fourth-order valence-corrected chi connectivity index (χ4v) is 1.92. The van der Waals surface area contributed by atoms with Crippen molar-refractivity contribution in [2.75, 3.05) is 20.6 Å². The van der Waals surface area contributed by atoms with Gasteiger partial charge in [0.15, 0.2) is 5.96 Å². The first-order valence-corrected chi connectivity index (χ1v) is 7.81. The zero-order valence-corrected chi connectivity index (χ0v) is 16.8. The average molecular weight is 453 g/mol. The van der Waals surface area contributed by atoms with Crippen LogP contribution in [0.3, 0.4) is 0 Å². The van der Waals surface area contributed by atoms with E-state index in [1.54, 1.807) is 25.2 Å². The molecule has 0 unspecified atom stereocenters. The van der Waals surface area contributed by atoms with E-state index < -0.39 is 0 Å². The second-order valence-electron chi connectivity index (χ2n) is 5.47. The average Bonchev–Trinajstić information content (AvgIpc) is 2.62. The number of guanidine groups is 1. The Balaban J connectivity index is 0.00000312. The molecule has 1 aromatic carbocycles. The number of hydrogen-bond donors (Lipinski definition) is 2. The van der Waals surface area contributed by atoms with E-state index in [0.29, 0.717) is 19.0 Å². The fraction of sp³-hybridized carbons (Fsp3) is 0.278. The smallest absolute Gasteiger partial charge is 0.241 e. The van der Waals surface area contributed by atoms with Crippen molar-refractivity contribution in [2.24, 2.45) is 4.99 Å². The topological polar surface area (TPSA) is 69.6 Å². The minimum absolute atomic E-state index is 0. The van der Waals surface area contributed by atoms with Crippen LogP contribution < -0.4 is 10.6 Å². The maximum absolute atomic E-state index is 11.8. The lowest BCUT2D eigenvalue weighted by molar-refractivity contribution is -0.127. The van der Waals surface area contributed by atoms with Crippen molar-refractivity contribution in [1.29, 1.82) is 0 Å². The minimum atomic E-state index is -0.0120. The van der Waals surface area contributed by atoms with Gasteiger partial charge >= 0.3 is 0 Å². The summed E-state index contributed by atoms with van der Waals surface area (Å²) in [6.45, 7) is 1.27. The zero-order valence-electron chi connectivity index (χ0n) is 14.5. The van der Waals surface area contributed by atoms with E-state index in [1.165, 1.54) is 0 Å². The summed E-state index contributed by atoms with van der Waals surface area (Å²) >= 11 is 0. The van der Waals surface area contributed by atoms with Gasteiger partial charge in [0.25, 0.3) is 0 Å². The number of carbonyl (C=O) groups excluding carboxylic acids is 1. The third-order valence-corrected chi connectivity index (χ3v) is 3.33. The second kappa shape index (κ2) is 11.4. The van der Waals surface area contributed by atoms with E-state index in [0.717, 1.165) is 11.3 Å². The number of benzene rings is 1. The SMILES string of the molecule is CN(C)C(=O)CNC(=NCc1ccccc1)NCc1ccccn1.I. The molecule has 1 heterocycles. The van der Waals surface area contributed by atoms with Gasteiger partial charge in [-0.1, -0.05) is 36.4 Å². The van der Waals surface area contributed by atoms with Crippen LogP contribution in [0.15, 0.2) is 59.7 Å². The van der Waals surface area contributed by atoms with Crippen molar-refractivity contribution in [3.63, 3.8) is 0 Å². The predicted molar refractivity (Wildman–Crippen MR) is 111 cm³/mol. The first-order valence-electron chi connectivity index (χ1n) is 7.81. The van der Waals surface area contributed by atoms with Gasteiger partial charge in [-0.15, -0.1) is 24.0 Å². The highest BCUT2D eigenvalue weighted by Crippen LogP contribution is 2.00.